The van der Waals surface area contributed by atoms with Crippen LogP contribution in [0.5, 0.6) is 0 Å². The zero-order chi connectivity index (χ0) is 39.5. The highest BCUT2D eigenvalue weighted by atomic mass is 32.1. The molecule has 3 aromatic heterocycles. The molecule has 1 aliphatic carbocycles. The molecule has 1 atom stereocenters. The van der Waals surface area contributed by atoms with Crippen molar-refractivity contribution >= 4 is 126 Å². The zero-order valence-electron chi connectivity index (χ0n) is 32.7. The quantitative estimate of drug-likeness (QED) is 0.171. The monoisotopic (exact) mass is 787 g/mol. The van der Waals surface area contributed by atoms with E-state index < -0.39 is 0 Å². The van der Waals surface area contributed by atoms with Gasteiger partial charge >= 0.3 is 0 Å². The Hall–Kier alpha value is -7.05. The average Bonchev–Trinajstić information content (AvgIpc) is 4.00. The minimum Gasteiger partial charge on any atom is -0.458 e. The second kappa shape index (κ2) is 13.0. The normalized spacial score (nSPS) is 13.6. The van der Waals surface area contributed by atoms with Crippen molar-refractivity contribution in [2.75, 3.05) is 0 Å². The van der Waals surface area contributed by atoms with Crippen molar-refractivity contribution in [3.05, 3.63) is 180 Å². The van der Waals surface area contributed by atoms with Crippen LogP contribution >= 0.6 is 11.3 Å². The first kappa shape index (κ1) is 33.9. The number of rotatable bonds is 6. The smallest absolute Gasteiger partial charge is 0.159 e. The number of benzene rings is 9. The Morgan fingerprint density at radius 3 is 2.08 bits per heavy atom. The van der Waals surface area contributed by atoms with Crippen molar-refractivity contribution in [1.82, 2.24) is 9.88 Å². The number of hydrogen-bond donors (Lipinski definition) is 1. The lowest BCUT2D eigenvalue weighted by Gasteiger charge is -2.24. The lowest BCUT2D eigenvalue weighted by Crippen LogP contribution is -2.25. The number of aromatic nitrogens is 1. The predicted octanol–water partition coefficient (Wildman–Crippen LogP) is 15.1. The van der Waals surface area contributed by atoms with Gasteiger partial charge in [0.05, 0.1) is 29.4 Å². The molecular formula is C55H37N3OS. The second-order valence-electron chi connectivity index (χ2n) is 16.1. The zero-order valence-corrected chi connectivity index (χ0v) is 33.5. The van der Waals surface area contributed by atoms with Crippen LogP contribution in [0.1, 0.15) is 34.9 Å². The molecule has 12 aromatic rings. The largest absolute Gasteiger partial charge is 0.458 e. The van der Waals surface area contributed by atoms with Crippen LogP contribution in [0.3, 0.4) is 0 Å². The van der Waals surface area contributed by atoms with Gasteiger partial charge in [-0.15, -0.1) is 11.3 Å². The molecule has 1 unspecified atom stereocenters. The first-order chi connectivity index (χ1) is 29.7. The Bertz CT molecular complexity index is 3820. The van der Waals surface area contributed by atoms with Crippen LogP contribution in [0.25, 0.3) is 102 Å². The molecular weight excluding hydrogens is 751 g/mol. The van der Waals surface area contributed by atoms with Gasteiger partial charge in [-0.3, -0.25) is 10.3 Å². The minimum absolute atomic E-state index is 0.232. The molecule has 4 nitrogen and oxygen atoms in total. The fourth-order valence-electron chi connectivity index (χ4n) is 10.5. The van der Waals surface area contributed by atoms with E-state index in [0.29, 0.717) is 6.67 Å². The maximum absolute atomic E-state index is 7.06. The molecule has 60 heavy (non-hydrogen) atoms. The van der Waals surface area contributed by atoms with E-state index in [9.17, 15) is 0 Å². The second-order valence-corrected chi connectivity index (χ2v) is 17.2. The maximum atomic E-state index is 7.06. The number of hydrogen-bond acceptors (Lipinski definition) is 4. The molecule has 0 saturated heterocycles. The molecule has 5 heteroatoms. The molecule has 9 aromatic carbocycles. The Morgan fingerprint density at radius 2 is 1.27 bits per heavy atom. The van der Waals surface area contributed by atoms with Crippen molar-refractivity contribution in [2.45, 2.75) is 25.6 Å². The number of nitrogens with zero attached hydrogens (tertiary/aromatic N) is 2. The van der Waals surface area contributed by atoms with Crippen LogP contribution in [-0.2, 0) is 13.1 Å². The first-order valence-corrected chi connectivity index (χ1v) is 21.6. The molecule has 0 spiro atoms. The summed E-state index contributed by atoms with van der Waals surface area (Å²) in [6, 6.07) is 55.2. The SMILES string of the molecule is C=Nc1c(C(NCn2c3c4ccccc4ccc3c3c4ccccc4c4c5c(oc4c32)CCC=C5)c2cccc3c2sc2ccc4ccccc4c23)ccc2ccccc12. The predicted molar refractivity (Wildman–Crippen MR) is 257 cm³/mol. The lowest BCUT2D eigenvalue weighted by atomic mass is 9.93. The summed E-state index contributed by atoms with van der Waals surface area (Å²) < 4.78 is 12.1. The molecule has 0 bridgehead atoms. The summed E-state index contributed by atoms with van der Waals surface area (Å²) in [4.78, 5) is 4.79. The summed E-state index contributed by atoms with van der Waals surface area (Å²) in [5.41, 5.74) is 7.71. The molecule has 1 aliphatic rings. The van der Waals surface area contributed by atoms with Crippen LogP contribution in [0, 0.1) is 0 Å². The Labute approximate surface area is 349 Å². The Balaban J connectivity index is 1.11. The fourth-order valence-corrected chi connectivity index (χ4v) is 11.7. The molecule has 0 fully saturated rings. The van der Waals surface area contributed by atoms with E-state index >= 15 is 0 Å². The Kier molecular flexibility index (Phi) is 7.33. The third-order valence-electron chi connectivity index (χ3n) is 13.1. The van der Waals surface area contributed by atoms with Gasteiger partial charge in [0, 0.05) is 59.1 Å². The average molecular weight is 788 g/mol. The summed E-state index contributed by atoms with van der Waals surface area (Å²) in [6.07, 6.45) is 6.44. The number of aliphatic imine (C=N–C) groups is 1. The van der Waals surface area contributed by atoms with Gasteiger partial charge in [0.25, 0.3) is 0 Å². The molecule has 0 amide bonds. The first-order valence-electron chi connectivity index (χ1n) is 20.8. The van der Waals surface area contributed by atoms with E-state index in [1.165, 1.54) is 85.3 Å². The Morgan fingerprint density at radius 1 is 0.600 bits per heavy atom. The number of nitrogens with one attached hydrogen (secondary N) is 1. The van der Waals surface area contributed by atoms with E-state index in [1.807, 2.05) is 11.3 Å². The van der Waals surface area contributed by atoms with Crippen molar-refractivity contribution < 1.29 is 4.42 Å². The number of aryl methyl sites for hydroxylation is 1. The topological polar surface area (TPSA) is 42.5 Å². The van der Waals surface area contributed by atoms with E-state index in [-0.39, 0.29) is 6.04 Å². The van der Waals surface area contributed by atoms with Gasteiger partial charge in [0.2, 0.25) is 0 Å². The highest BCUT2D eigenvalue weighted by Gasteiger charge is 2.28. The third kappa shape index (κ3) is 4.73. The van der Waals surface area contributed by atoms with E-state index in [0.717, 1.165) is 51.7 Å². The van der Waals surface area contributed by atoms with Crippen LogP contribution in [0.2, 0.25) is 0 Å². The highest BCUT2D eigenvalue weighted by molar-refractivity contribution is 7.26. The van der Waals surface area contributed by atoms with Gasteiger partial charge in [-0.2, -0.15) is 0 Å². The maximum Gasteiger partial charge on any atom is 0.159 e. The molecule has 13 rings (SSSR count). The van der Waals surface area contributed by atoms with E-state index in [1.54, 1.807) is 0 Å². The van der Waals surface area contributed by atoms with Gasteiger partial charge in [0.1, 0.15) is 5.76 Å². The summed E-state index contributed by atoms with van der Waals surface area (Å²) in [5, 5.41) is 20.1. The molecule has 1 N–H and O–H groups in total. The van der Waals surface area contributed by atoms with Gasteiger partial charge in [0.15, 0.2) is 5.58 Å². The minimum atomic E-state index is -0.232. The van der Waals surface area contributed by atoms with Crippen molar-refractivity contribution in [3.8, 4) is 0 Å². The van der Waals surface area contributed by atoms with Crippen LogP contribution < -0.4 is 5.32 Å². The molecule has 0 radical (unpaired) electrons. The summed E-state index contributed by atoms with van der Waals surface area (Å²) >= 11 is 1.88. The molecule has 0 saturated carbocycles. The van der Waals surface area contributed by atoms with Gasteiger partial charge < -0.3 is 8.98 Å². The van der Waals surface area contributed by atoms with E-state index in [2.05, 4.69) is 180 Å². The molecule has 284 valence electrons. The van der Waals surface area contributed by atoms with Gasteiger partial charge in [-0.1, -0.05) is 158 Å². The number of fused-ring (bicyclic) bond motifs is 18. The van der Waals surface area contributed by atoms with Crippen LogP contribution in [0.4, 0.5) is 5.69 Å². The third-order valence-corrected chi connectivity index (χ3v) is 14.3. The molecule has 3 heterocycles. The fraction of sp³-hybridized carbons (Fsp3) is 0.0727. The van der Waals surface area contributed by atoms with Crippen molar-refractivity contribution in [3.63, 3.8) is 0 Å². The molecule has 0 aliphatic heterocycles. The van der Waals surface area contributed by atoms with Crippen molar-refractivity contribution in [2.24, 2.45) is 4.99 Å². The highest BCUT2D eigenvalue weighted by Crippen LogP contribution is 2.48. The van der Waals surface area contributed by atoms with Crippen LogP contribution in [-0.4, -0.2) is 11.3 Å². The number of allylic oxidation sites excluding steroid dienone is 1. The van der Waals surface area contributed by atoms with Crippen LogP contribution in [0.15, 0.2) is 167 Å². The van der Waals surface area contributed by atoms with Gasteiger partial charge in [-0.25, -0.2) is 0 Å². The van der Waals surface area contributed by atoms with Gasteiger partial charge in [-0.05, 0) is 62.6 Å². The van der Waals surface area contributed by atoms with E-state index in [4.69, 9.17) is 9.41 Å². The number of furan rings is 1. The lowest BCUT2D eigenvalue weighted by molar-refractivity contribution is 0.523. The number of thiophene rings is 1. The summed E-state index contributed by atoms with van der Waals surface area (Å²) in [7, 11) is 0. The summed E-state index contributed by atoms with van der Waals surface area (Å²) in [6.45, 7) is 4.69. The standard InChI is InChI=1S/C55H37N3OS/c1-56-50-36-17-6-3-14-33(36)26-29-43(50)51(44-23-12-22-42-47-35-16-5-2-13-32(35)27-30-46(47)60-55(42)44)57-31-58-52-37-18-7-4-15-34(37)25-28-41(52)48-38-19-8-9-20-39(38)49-40-21-10-11-24-45(40)59-54(49)53(48)58/h2-10,12-23,25-30,51,57H,1,11,24,31H2. The summed E-state index contributed by atoms with van der Waals surface area (Å²) in [5.74, 6) is 1.07. The van der Waals surface area contributed by atoms with Crippen molar-refractivity contribution in [1.29, 1.82) is 0 Å².